The van der Waals surface area contributed by atoms with E-state index in [1.807, 2.05) is 0 Å². The van der Waals surface area contributed by atoms with Gasteiger partial charge in [0.15, 0.2) is 0 Å². The maximum atomic E-state index is 10.7. The Labute approximate surface area is 83.5 Å². The predicted octanol–water partition coefficient (Wildman–Crippen LogP) is 0.747. The van der Waals surface area contributed by atoms with Gasteiger partial charge in [0, 0.05) is 12.1 Å². The number of nitrogen functional groups attached to an aromatic ring is 1. The number of non-ortho nitro benzene ring substituents is 1. The molecule has 0 heterocycles. The molecule has 0 amide bonds. The fourth-order valence-electron chi connectivity index (χ4n) is 1.01. The smallest absolute Gasteiger partial charge is 0.338 e. The minimum Gasteiger partial charge on any atom is -0.478 e. The number of hydrogen-bond acceptors (Lipinski definition) is 5. The van der Waals surface area contributed by atoms with Crippen molar-refractivity contribution in [1.82, 2.24) is 0 Å². The lowest BCUT2D eigenvalue weighted by Crippen LogP contribution is -2.05. The minimum atomic E-state index is -1.41. The summed E-state index contributed by atoms with van der Waals surface area (Å²) < 4.78 is 0. The number of carboxylic acid groups (broad SMARTS) is 1. The number of nitrogens with two attached hydrogens (primary N) is 1. The summed E-state index contributed by atoms with van der Waals surface area (Å²) in [6.45, 7) is 0. The molecule has 0 aromatic heterocycles. The van der Waals surface area contributed by atoms with Gasteiger partial charge in [-0.15, -0.1) is 0 Å². The van der Waals surface area contributed by atoms with Crippen molar-refractivity contribution in [1.29, 1.82) is 5.26 Å². The van der Waals surface area contributed by atoms with Crippen LogP contribution in [0.5, 0.6) is 0 Å². The number of anilines is 1. The van der Waals surface area contributed by atoms with E-state index < -0.39 is 22.1 Å². The molecule has 0 bridgehead atoms. The maximum absolute atomic E-state index is 10.7. The summed E-state index contributed by atoms with van der Waals surface area (Å²) in [4.78, 5) is 20.3. The van der Waals surface area contributed by atoms with E-state index >= 15 is 0 Å². The Bertz CT molecular complexity index is 489. The molecule has 15 heavy (non-hydrogen) atoms. The van der Waals surface area contributed by atoms with Gasteiger partial charge in [0.2, 0.25) is 0 Å². The van der Waals surface area contributed by atoms with Gasteiger partial charge in [0.25, 0.3) is 5.69 Å². The fourth-order valence-corrected chi connectivity index (χ4v) is 1.01. The first-order valence-corrected chi connectivity index (χ1v) is 3.68. The Balaban J connectivity index is 3.54. The average Bonchev–Trinajstić information content (AvgIpc) is 2.17. The monoisotopic (exact) mass is 207 g/mol. The molecule has 7 heteroatoms. The van der Waals surface area contributed by atoms with Crippen molar-refractivity contribution in [3.05, 3.63) is 33.4 Å². The van der Waals surface area contributed by atoms with Crippen LogP contribution in [0.4, 0.5) is 11.4 Å². The Kier molecular flexibility index (Phi) is 2.53. The molecule has 0 aliphatic heterocycles. The normalized spacial score (nSPS) is 9.27. The molecular weight excluding hydrogens is 202 g/mol. The van der Waals surface area contributed by atoms with Gasteiger partial charge in [0.05, 0.1) is 21.7 Å². The van der Waals surface area contributed by atoms with Crippen molar-refractivity contribution in [2.45, 2.75) is 0 Å². The highest BCUT2D eigenvalue weighted by molar-refractivity contribution is 5.96. The molecule has 1 rings (SSSR count). The van der Waals surface area contributed by atoms with Crippen LogP contribution in [0.2, 0.25) is 0 Å². The molecular formula is C8H5N3O4. The van der Waals surface area contributed by atoms with E-state index in [2.05, 4.69) is 0 Å². The van der Waals surface area contributed by atoms with Crippen LogP contribution in [0.3, 0.4) is 0 Å². The number of carbonyl (C=O) groups is 1. The average molecular weight is 207 g/mol. The van der Waals surface area contributed by atoms with Crippen LogP contribution < -0.4 is 5.73 Å². The number of hydrogen-bond donors (Lipinski definition) is 2. The van der Waals surface area contributed by atoms with Gasteiger partial charge in [-0.25, -0.2) is 4.79 Å². The predicted molar refractivity (Wildman–Crippen MR) is 49.2 cm³/mol. The number of nitro groups is 1. The van der Waals surface area contributed by atoms with Gasteiger partial charge in [-0.2, -0.15) is 5.26 Å². The first-order chi connectivity index (χ1) is 6.97. The molecule has 3 N–H and O–H groups in total. The molecule has 0 spiro atoms. The SMILES string of the molecule is N#Cc1cc([N+](=O)[O-])cc(C(=O)O)c1N. The highest BCUT2D eigenvalue weighted by Crippen LogP contribution is 2.24. The first kappa shape index (κ1) is 10.5. The van der Waals surface area contributed by atoms with Crippen LogP contribution in [0.1, 0.15) is 15.9 Å². The highest BCUT2D eigenvalue weighted by atomic mass is 16.6. The number of nitriles is 1. The van der Waals surface area contributed by atoms with Crippen LogP contribution in [0.15, 0.2) is 12.1 Å². The van der Waals surface area contributed by atoms with Gasteiger partial charge in [-0.1, -0.05) is 0 Å². The van der Waals surface area contributed by atoms with Crippen molar-refractivity contribution in [3.63, 3.8) is 0 Å². The number of benzene rings is 1. The molecule has 0 aliphatic carbocycles. The highest BCUT2D eigenvalue weighted by Gasteiger charge is 2.18. The van der Waals surface area contributed by atoms with Gasteiger partial charge in [-0.3, -0.25) is 10.1 Å². The van der Waals surface area contributed by atoms with E-state index in [4.69, 9.17) is 16.1 Å². The van der Waals surface area contributed by atoms with E-state index in [0.29, 0.717) is 0 Å². The van der Waals surface area contributed by atoms with E-state index in [1.165, 1.54) is 0 Å². The quantitative estimate of drug-likeness (QED) is 0.418. The van der Waals surface area contributed by atoms with Gasteiger partial charge in [0.1, 0.15) is 6.07 Å². The summed E-state index contributed by atoms with van der Waals surface area (Å²) in [5.41, 5.74) is 3.93. The van der Waals surface area contributed by atoms with Crippen molar-refractivity contribution in [3.8, 4) is 6.07 Å². The summed E-state index contributed by atoms with van der Waals surface area (Å²) in [5.74, 6) is -1.41. The standard InChI is InChI=1S/C8H5N3O4/c9-3-4-1-5(11(14)15)2-6(7(4)10)8(12)13/h1-2H,10H2,(H,12,13). The van der Waals surface area contributed by atoms with Crippen LogP contribution >= 0.6 is 0 Å². The number of nitro benzene ring substituents is 1. The van der Waals surface area contributed by atoms with E-state index in [-0.39, 0.29) is 11.3 Å². The van der Waals surface area contributed by atoms with Crippen molar-refractivity contribution < 1.29 is 14.8 Å². The van der Waals surface area contributed by atoms with Crippen LogP contribution in [0, 0.1) is 21.4 Å². The molecule has 1 aromatic rings. The molecule has 1 aromatic carbocycles. The fraction of sp³-hybridized carbons (Fsp3) is 0. The third-order valence-electron chi connectivity index (χ3n) is 1.73. The van der Waals surface area contributed by atoms with Crippen LogP contribution in [0.25, 0.3) is 0 Å². The largest absolute Gasteiger partial charge is 0.478 e. The Morgan fingerprint density at radius 1 is 1.60 bits per heavy atom. The molecule has 0 radical (unpaired) electrons. The molecule has 0 aliphatic rings. The summed E-state index contributed by atoms with van der Waals surface area (Å²) in [6, 6.07) is 3.34. The first-order valence-electron chi connectivity index (χ1n) is 3.68. The third kappa shape index (κ3) is 1.83. The number of aromatic carboxylic acids is 1. The summed E-state index contributed by atoms with van der Waals surface area (Å²) >= 11 is 0. The molecule has 0 unspecified atom stereocenters. The summed E-state index contributed by atoms with van der Waals surface area (Å²) in [7, 11) is 0. The second kappa shape index (κ2) is 3.63. The molecule has 0 saturated heterocycles. The zero-order valence-corrected chi connectivity index (χ0v) is 7.30. The molecule has 7 nitrogen and oxygen atoms in total. The number of carboxylic acids is 1. The molecule has 76 valence electrons. The third-order valence-corrected chi connectivity index (χ3v) is 1.73. The van der Waals surface area contributed by atoms with Gasteiger partial charge >= 0.3 is 5.97 Å². The van der Waals surface area contributed by atoms with E-state index in [1.54, 1.807) is 6.07 Å². The topological polar surface area (TPSA) is 130 Å². The van der Waals surface area contributed by atoms with Crippen LogP contribution in [-0.4, -0.2) is 16.0 Å². The van der Waals surface area contributed by atoms with Crippen molar-refractivity contribution >= 4 is 17.3 Å². The maximum Gasteiger partial charge on any atom is 0.338 e. The second-order valence-corrected chi connectivity index (χ2v) is 2.63. The number of nitrogens with zero attached hydrogens (tertiary/aromatic N) is 2. The Morgan fingerprint density at radius 3 is 2.60 bits per heavy atom. The van der Waals surface area contributed by atoms with E-state index in [0.717, 1.165) is 12.1 Å². The van der Waals surface area contributed by atoms with E-state index in [9.17, 15) is 14.9 Å². The van der Waals surface area contributed by atoms with Gasteiger partial charge < -0.3 is 10.8 Å². The second-order valence-electron chi connectivity index (χ2n) is 2.63. The summed E-state index contributed by atoms with van der Waals surface area (Å²) in [5, 5.41) is 27.7. The molecule has 0 saturated carbocycles. The Morgan fingerprint density at radius 2 is 2.20 bits per heavy atom. The lowest BCUT2D eigenvalue weighted by Gasteiger charge is -2.02. The Hall–Kier alpha value is -2.62. The lowest BCUT2D eigenvalue weighted by molar-refractivity contribution is -0.384. The van der Waals surface area contributed by atoms with Crippen LogP contribution in [-0.2, 0) is 0 Å². The van der Waals surface area contributed by atoms with Crippen molar-refractivity contribution in [2.24, 2.45) is 0 Å². The number of rotatable bonds is 2. The van der Waals surface area contributed by atoms with Crippen molar-refractivity contribution in [2.75, 3.05) is 5.73 Å². The lowest BCUT2D eigenvalue weighted by atomic mass is 10.1. The van der Waals surface area contributed by atoms with Gasteiger partial charge in [-0.05, 0) is 0 Å². The summed E-state index contributed by atoms with van der Waals surface area (Å²) in [6.07, 6.45) is 0. The zero-order valence-electron chi connectivity index (χ0n) is 7.30. The zero-order chi connectivity index (χ0) is 11.6. The molecule has 0 fully saturated rings. The molecule has 0 atom stereocenters. The minimum absolute atomic E-state index is 0.221.